The van der Waals surface area contributed by atoms with E-state index in [-0.39, 0.29) is 5.82 Å². The second kappa shape index (κ2) is 6.48. The Morgan fingerprint density at radius 3 is 2.87 bits per heavy atom. The minimum Gasteiger partial charge on any atom is -0.313 e. The summed E-state index contributed by atoms with van der Waals surface area (Å²) in [6.07, 6.45) is 3.99. The van der Waals surface area contributed by atoms with Gasteiger partial charge in [-0.15, -0.1) is 0 Å². The van der Waals surface area contributed by atoms with Gasteiger partial charge in [-0.2, -0.15) is 0 Å². The summed E-state index contributed by atoms with van der Waals surface area (Å²) in [4.78, 5) is 5.93. The number of pyridine rings is 1. The van der Waals surface area contributed by atoms with Crippen LogP contribution in [0.15, 0.2) is 18.5 Å². The standard InChI is InChI=1S/C11H18FN3/c1-15(2)5-3-4-13-7-10-6-11(12)9-14-8-10/h6,8-9,13H,3-5,7H2,1-2H3. The summed E-state index contributed by atoms with van der Waals surface area (Å²) in [5, 5.41) is 3.25. The molecule has 0 aromatic carbocycles. The van der Waals surface area contributed by atoms with Crippen molar-refractivity contribution in [1.82, 2.24) is 15.2 Å². The Bertz CT molecular complexity index is 289. The Balaban J connectivity index is 2.15. The largest absolute Gasteiger partial charge is 0.313 e. The van der Waals surface area contributed by atoms with E-state index in [0.717, 1.165) is 25.1 Å². The van der Waals surface area contributed by atoms with Gasteiger partial charge < -0.3 is 10.2 Å². The summed E-state index contributed by atoms with van der Waals surface area (Å²) in [5.74, 6) is -0.275. The van der Waals surface area contributed by atoms with Crippen molar-refractivity contribution in [1.29, 1.82) is 0 Å². The molecule has 1 heterocycles. The number of hydrogen-bond donors (Lipinski definition) is 1. The average molecular weight is 211 g/mol. The highest BCUT2D eigenvalue weighted by Gasteiger charge is 1.95. The molecule has 0 saturated heterocycles. The monoisotopic (exact) mass is 211 g/mol. The molecule has 15 heavy (non-hydrogen) atoms. The van der Waals surface area contributed by atoms with Gasteiger partial charge in [-0.1, -0.05) is 0 Å². The van der Waals surface area contributed by atoms with E-state index in [2.05, 4.69) is 29.3 Å². The fraction of sp³-hybridized carbons (Fsp3) is 0.545. The fourth-order valence-corrected chi connectivity index (χ4v) is 1.31. The van der Waals surface area contributed by atoms with E-state index in [0.29, 0.717) is 6.54 Å². The van der Waals surface area contributed by atoms with E-state index in [1.165, 1.54) is 12.3 Å². The molecule has 0 fully saturated rings. The van der Waals surface area contributed by atoms with Crippen LogP contribution in [0.3, 0.4) is 0 Å². The quantitative estimate of drug-likeness (QED) is 0.718. The molecule has 0 aliphatic carbocycles. The van der Waals surface area contributed by atoms with E-state index in [1.807, 2.05) is 0 Å². The Labute approximate surface area is 90.3 Å². The van der Waals surface area contributed by atoms with Crippen LogP contribution in [-0.2, 0) is 6.54 Å². The molecule has 0 saturated carbocycles. The lowest BCUT2D eigenvalue weighted by molar-refractivity contribution is 0.394. The van der Waals surface area contributed by atoms with Crippen molar-refractivity contribution in [2.24, 2.45) is 0 Å². The van der Waals surface area contributed by atoms with Crippen molar-refractivity contribution < 1.29 is 4.39 Å². The van der Waals surface area contributed by atoms with Gasteiger partial charge in [0.05, 0.1) is 6.20 Å². The predicted molar refractivity (Wildman–Crippen MR) is 59.1 cm³/mol. The van der Waals surface area contributed by atoms with Crippen LogP contribution < -0.4 is 5.32 Å². The minimum absolute atomic E-state index is 0.275. The highest BCUT2D eigenvalue weighted by atomic mass is 19.1. The number of halogens is 1. The third-order valence-electron chi connectivity index (χ3n) is 2.05. The van der Waals surface area contributed by atoms with Gasteiger partial charge in [0, 0.05) is 12.7 Å². The molecule has 1 N–H and O–H groups in total. The summed E-state index contributed by atoms with van der Waals surface area (Å²) in [5.41, 5.74) is 0.889. The van der Waals surface area contributed by atoms with Crippen LogP contribution in [0.25, 0.3) is 0 Å². The van der Waals surface area contributed by atoms with Crippen molar-refractivity contribution in [3.8, 4) is 0 Å². The van der Waals surface area contributed by atoms with Crippen LogP contribution in [0.5, 0.6) is 0 Å². The maximum absolute atomic E-state index is 12.8. The topological polar surface area (TPSA) is 28.2 Å². The van der Waals surface area contributed by atoms with Crippen LogP contribution in [0.4, 0.5) is 4.39 Å². The van der Waals surface area contributed by atoms with Crippen LogP contribution in [0.1, 0.15) is 12.0 Å². The fourth-order valence-electron chi connectivity index (χ4n) is 1.31. The Kier molecular flexibility index (Phi) is 5.21. The van der Waals surface area contributed by atoms with E-state index in [4.69, 9.17) is 0 Å². The predicted octanol–water partition coefficient (Wildman–Crippen LogP) is 1.26. The van der Waals surface area contributed by atoms with Gasteiger partial charge in [0.1, 0.15) is 5.82 Å². The zero-order chi connectivity index (χ0) is 11.1. The second-order valence-corrected chi connectivity index (χ2v) is 3.85. The van der Waals surface area contributed by atoms with Gasteiger partial charge in [-0.25, -0.2) is 4.39 Å². The minimum atomic E-state index is -0.275. The lowest BCUT2D eigenvalue weighted by Crippen LogP contribution is -2.21. The number of aromatic nitrogens is 1. The maximum Gasteiger partial charge on any atom is 0.141 e. The Morgan fingerprint density at radius 1 is 1.40 bits per heavy atom. The van der Waals surface area contributed by atoms with E-state index < -0.39 is 0 Å². The summed E-state index contributed by atoms with van der Waals surface area (Å²) in [7, 11) is 4.10. The van der Waals surface area contributed by atoms with Crippen molar-refractivity contribution in [2.45, 2.75) is 13.0 Å². The molecule has 0 aliphatic heterocycles. The first-order chi connectivity index (χ1) is 7.18. The van der Waals surface area contributed by atoms with Crippen LogP contribution in [-0.4, -0.2) is 37.1 Å². The van der Waals surface area contributed by atoms with E-state index in [1.54, 1.807) is 6.20 Å². The lowest BCUT2D eigenvalue weighted by Gasteiger charge is -2.09. The summed E-state index contributed by atoms with van der Waals surface area (Å²) < 4.78 is 12.8. The van der Waals surface area contributed by atoms with Crippen LogP contribution >= 0.6 is 0 Å². The lowest BCUT2D eigenvalue weighted by atomic mass is 10.3. The van der Waals surface area contributed by atoms with E-state index in [9.17, 15) is 4.39 Å². The van der Waals surface area contributed by atoms with Crippen LogP contribution in [0.2, 0.25) is 0 Å². The third-order valence-corrected chi connectivity index (χ3v) is 2.05. The molecule has 0 aliphatic rings. The smallest absolute Gasteiger partial charge is 0.141 e. The van der Waals surface area contributed by atoms with Gasteiger partial charge in [0.25, 0.3) is 0 Å². The number of nitrogens with zero attached hydrogens (tertiary/aromatic N) is 2. The van der Waals surface area contributed by atoms with Crippen molar-refractivity contribution in [3.63, 3.8) is 0 Å². The average Bonchev–Trinajstić information content (AvgIpc) is 2.17. The first-order valence-electron chi connectivity index (χ1n) is 5.13. The highest BCUT2D eigenvalue weighted by Crippen LogP contribution is 1.99. The van der Waals surface area contributed by atoms with Crippen molar-refractivity contribution >= 4 is 0 Å². The number of rotatable bonds is 6. The molecular weight excluding hydrogens is 193 g/mol. The Hall–Kier alpha value is -1.00. The molecule has 0 atom stereocenters. The molecule has 0 bridgehead atoms. The SMILES string of the molecule is CN(C)CCCNCc1cncc(F)c1. The zero-order valence-electron chi connectivity index (χ0n) is 9.33. The van der Waals surface area contributed by atoms with Gasteiger partial charge >= 0.3 is 0 Å². The zero-order valence-corrected chi connectivity index (χ0v) is 9.33. The normalized spacial score (nSPS) is 10.9. The van der Waals surface area contributed by atoms with Crippen molar-refractivity contribution in [2.75, 3.05) is 27.2 Å². The molecule has 3 nitrogen and oxygen atoms in total. The molecule has 0 radical (unpaired) electrons. The Morgan fingerprint density at radius 2 is 2.20 bits per heavy atom. The van der Waals surface area contributed by atoms with Gasteiger partial charge in [0.2, 0.25) is 0 Å². The van der Waals surface area contributed by atoms with Gasteiger partial charge in [0.15, 0.2) is 0 Å². The number of nitrogens with one attached hydrogen (secondary N) is 1. The van der Waals surface area contributed by atoms with Gasteiger partial charge in [-0.3, -0.25) is 4.98 Å². The molecule has 1 aromatic rings. The maximum atomic E-state index is 12.8. The molecule has 84 valence electrons. The first-order valence-corrected chi connectivity index (χ1v) is 5.13. The number of hydrogen-bond acceptors (Lipinski definition) is 3. The molecule has 1 aromatic heterocycles. The summed E-state index contributed by atoms with van der Waals surface area (Å²) >= 11 is 0. The summed E-state index contributed by atoms with van der Waals surface area (Å²) in [6.45, 7) is 2.68. The molecule has 0 amide bonds. The third kappa shape index (κ3) is 5.44. The molecule has 4 heteroatoms. The summed E-state index contributed by atoms with van der Waals surface area (Å²) in [6, 6.07) is 1.51. The first kappa shape index (κ1) is 12.1. The molecule has 0 spiro atoms. The van der Waals surface area contributed by atoms with Crippen molar-refractivity contribution in [3.05, 3.63) is 29.8 Å². The van der Waals surface area contributed by atoms with Gasteiger partial charge in [-0.05, 0) is 45.2 Å². The molecular formula is C11H18FN3. The van der Waals surface area contributed by atoms with Crippen LogP contribution in [0, 0.1) is 5.82 Å². The molecule has 0 unspecified atom stereocenters. The van der Waals surface area contributed by atoms with E-state index >= 15 is 0 Å². The highest BCUT2D eigenvalue weighted by molar-refractivity contribution is 5.09. The molecule has 1 rings (SSSR count). The second-order valence-electron chi connectivity index (χ2n) is 3.85.